The van der Waals surface area contributed by atoms with Crippen LogP contribution in [-0.2, 0) is 4.79 Å². The first kappa shape index (κ1) is 15.4. The Bertz CT molecular complexity index is 491. The molecule has 0 aromatic heterocycles. The molecule has 0 aliphatic heterocycles. The first-order valence-corrected chi connectivity index (χ1v) is 6.17. The molecule has 0 fully saturated rings. The summed E-state index contributed by atoms with van der Waals surface area (Å²) in [6.45, 7) is 3.68. The van der Waals surface area contributed by atoms with Gasteiger partial charge in [0.05, 0.1) is 5.56 Å². The molecule has 0 saturated carbocycles. The molecular weight excluding hydrogens is 273 g/mol. The topological polar surface area (TPSA) is 66.4 Å². The molecule has 1 atom stereocenters. The Balaban J connectivity index is 2.84. The highest BCUT2D eigenvalue weighted by molar-refractivity contribution is 6.30. The number of amides is 1. The summed E-state index contributed by atoms with van der Waals surface area (Å²) in [6.07, 6.45) is 0.274. The molecule has 6 heteroatoms. The van der Waals surface area contributed by atoms with E-state index in [9.17, 15) is 14.0 Å². The van der Waals surface area contributed by atoms with Crippen LogP contribution < -0.4 is 5.32 Å². The molecule has 4 nitrogen and oxygen atoms in total. The minimum Gasteiger partial charge on any atom is -0.480 e. The van der Waals surface area contributed by atoms with Gasteiger partial charge >= 0.3 is 5.97 Å². The van der Waals surface area contributed by atoms with Crippen molar-refractivity contribution in [1.82, 2.24) is 5.32 Å². The van der Waals surface area contributed by atoms with Gasteiger partial charge in [-0.3, -0.25) is 4.79 Å². The molecule has 0 aliphatic carbocycles. The van der Waals surface area contributed by atoms with Crippen LogP contribution in [0.2, 0.25) is 5.02 Å². The maximum atomic E-state index is 13.5. The molecule has 0 bridgehead atoms. The minimum absolute atomic E-state index is 0.0939. The average Bonchev–Trinajstić information content (AvgIpc) is 2.26. The number of halogens is 2. The van der Waals surface area contributed by atoms with E-state index >= 15 is 0 Å². The second-order valence-electron chi connectivity index (χ2n) is 4.62. The van der Waals surface area contributed by atoms with E-state index in [1.165, 1.54) is 12.1 Å². The number of hydrogen-bond acceptors (Lipinski definition) is 2. The Morgan fingerprint density at radius 2 is 2.05 bits per heavy atom. The van der Waals surface area contributed by atoms with Crippen molar-refractivity contribution in [3.05, 3.63) is 34.6 Å². The lowest BCUT2D eigenvalue weighted by Gasteiger charge is -2.16. The molecule has 2 N–H and O–H groups in total. The maximum absolute atomic E-state index is 13.5. The fraction of sp³-hybridized carbons (Fsp3) is 0.385. The zero-order valence-electron chi connectivity index (χ0n) is 10.6. The van der Waals surface area contributed by atoms with E-state index in [0.717, 1.165) is 6.07 Å². The second kappa shape index (κ2) is 6.52. The Morgan fingerprint density at radius 3 is 2.53 bits per heavy atom. The summed E-state index contributed by atoms with van der Waals surface area (Å²) in [5.41, 5.74) is -0.223. The van der Waals surface area contributed by atoms with Crippen LogP contribution in [0.4, 0.5) is 4.39 Å². The summed E-state index contributed by atoms with van der Waals surface area (Å²) in [5, 5.41) is 11.5. The van der Waals surface area contributed by atoms with Gasteiger partial charge in [-0.25, -0.2) is 9.18 Å². The summed E-state index contributed by atoms with van der Waals surface area (Å²) in [6, 6.07) is 2.57. The maximum Gasteiger partial charge on any atom is 0.326 e. The van der Waals surface area contributed by atoms with Crippen LogP contribution in [0.1, 0.15) is 30.6 Å². The van der Waals surface area contributed by atoms with Crippen molar-refractivity contribution in [1.29, 1.82) is 0 Å². The van der Waals surface area contributed by atoms with Gasteiger partial charge in [-0.05, 0) is 30.5 Å². The average molecular weight is 288 g/mol. The number of nitrogens with one attached hydrogen (secondary N) is 1. The molecule has 1 aromatic carbocycles. The Kier molecular flexibility index (Phi) is 5.30. The van der Waals surface area contributed by atoms with Gasteiger partial charge in [0.25, 0.3) is 5.91 Å². The lowest BCUT2D eigenvalue weighted by atomic mass is 10.0. The van der Waals surface area contributed by atoms with E-state index in [0.29, 0.717) is 0 Å². The van der Waals surface area contributed by atoms with Gasteiger partial charge < -0.3 is 10.4 Å². The first-order chi connectivity index (χ1) is 8.81. The number of carbonyl (C=O) groups excluding carboxylic acids is 1. The quantitative estimate of drug-likeness (QED) is 0.875. The number of hydrogen-bond donors (Lipinski definition) is 2. The van der Waals surface area contributed by atoms with Gasteiger partial charge in [0, 0.05) is 5.02 Å². The number of aliphatic carboxylic acids is 1. The van der Waals surface area contributed by atoms with Crippen molar-refractivity contribution >= 4 is 23.5 Å². The molecule has 0 heterocycles. The fourth-order valence-electron chi connectivity index (χ4n) is 1.60. The zero-order valence-corrected chi connectivity index (χ0v) is 11.4. The van der Waals surface area contributed by atoms with Crippen molar-refractivity contribution in [2.45, 2.75) is 26.3 Å². The number of rotatable bonds is 5. The third-order valence-electron chi connectivity index (χ3n) is 2.49. The van der Waals surface area contributed by atoms with Gasteiger partial charge in [0.2, 0.25) is 0 Å². The SMILES string of the molecule is CC(C)C[C@H](NC(=O)c1ccc(Cl)cc1F)C(=O)O. The largest absolute Gasteiger partial charge is 0.480 e. The van der Waals surface area contributed by atoms with Crippen LogP contribution >= 0.6 is 11.6 Å². The smallest absolute Gasteiger partial charge is 0.326 e. The van der Waals surface area contributed by atoms with Crippen molar-refractivity contribution in [3.8, 4) is 0 Å². The van der Waals surface area contributed by atoms with E-state index in [1.807, 2.05) is 13.8 Å². The Morgan fingerprint density at radius 1 is 1.42 bits per heavy atom. The van der Waals surface area contributed by atoms with Crippen molar-refractivity contribution in [3.63, 3.8) is 0 Å². The molecule has 104 valence electrons. The third-order valence-corrected chi connectivity index (χ3v) is 2.72. The predicted octanol–water partition coefficient (Wildman–Crippen LogP) is 2.71. The normalized spacial score (nSPS) is 12.3. The van der Waals surface area contributed by atoms with Gasteiger partial charge in [-0.2, -0.15) is 0 Å². The molecule has 1 aromatic rings. The van der Waals surface area contributed by atoms with E-state index in [4.69, 9.17) is 16.7 Å². The van der Waals surface area contributed by atoms with Crippen LogP contribution in [0.5, 0.6) is 0 Å². The fourth-order valence-corrected chi connectivity index (χ4v) is 1.76. The lowest BCUT2D eigenvalue weighted by molar-refractivity contribution is -0.139. The number of carboxylic acid groups (broad SMARTS) is 1. The molecule has 0 radical (unpaired) electrons. The summed E-state index contributed by atoms with van der Waals surface area (Å²) >= 11 is 5.58. The zero-order chi connectivity index (χ0) is 14.6. The molecule has 1 amide bonds. The van der Waals surface area contributed by atoms with E-state index in [-0.39, 0.29) is 22.9 Å². The minimum atomic E-state index is -1.14. The molecule has 19 heavy (non-hydrogen) atoms. The van der Waals surface area contributed by atoms with Crippen molar-refractivity contribution < 1.29 is 19.1 Å². The monoisotopic (exact) mass is 287 g/mol. The summed E-state index contributed by atoms with van der Waals surface area (Å²) in [4.78, 5) is 22.8. The predicted molar refractivity (Wildman–Crippen MR) is 69.8 cm³/mol. The van der Waals surface area contributed by atoms with Crippen molar-refractivity contribution in [2.24, 2.45) is 5.92 Å². The van der Waals surface area contributed by atoms with Crippen LogP contribution in [0.3, 0.4) is 0 Å². The van der Waals surface area contributed by atoms with E-state index < -0.39 is 23.7 Å². The highest BCUT2D eigenvalue weighted by Gasteiger charge is 2.23. The lowest BCUT2D eigenvalue weighted by Crippen LogP contribution is -2.41. The van der Waals surface area contributed by atoms with Gasteiger partial charge in [-0.1, -0.05) is 25.4 Å². The Labute approximate surface area is 115 Å². The summed E-state index contributed by atoms with van der Waals surface area (Å²) in [7, 11) is 0. The molecular formula is C13H15ClFNO3. The molecule has 0 unspecified atom stereocenters. The number of benzene rings is 1. The molecule has 0 aliphatic rings. The summed E-state index contributed by atoms with van der Waals surface area (Å²) in [5.74, 6) is -2.59. The van der Waals surface area contributed by atoms with Crippen LogP contribution in [0, 0.1) is 11.7 Å². The van der Waals surface area contributed by atoms with Crippen molar-refractivity contribution in [2.75, 3.05) is 0 Å². The summed E-state index contributed by atoms with van der Waals surface area (Å²) < 4.78 is 13.5. The van der Waals surface area contributed by atoms with E-state index in [2.05, 4.69) is 5.32 Å². The van der Waals surface area contributed by atoms with Gasteiger partial charge in [0.15, 0.2) is 0 Å². The highest BCUT2D eigenvalue weighted by atomic mass is 35.5. The molecule has 1 rings (SSSR count). The standard InChI is InChI=1S/C13H15ClFNO3/c1-7(2)5-11(13(18)19)16-12(17)9-4-3-8(14)6-10(9)15/h3-4,6-7,11H,5H2,1-2H3,(H,16,17)(H,18,19)/t11-/m0/s1. The number of carbonyl (C=O) groups is 2. The highest BCUT2D eigenvalue weighted by Crippen LogP contribution is 2.15. The first-order valence-electron chi connectivity index (χ1n) is 5.80. The third kappa shape index (κ3) is 4.52. The second-order valence-corrected chi connectivity index (χ2v) is 5.05. The van der Waals surface area contributed by atoms with Crippen LogP contribution in [0.15, 0.2) is 18.2 Å². The van der Waals surface area contributed by atoms with Gasteiger partial charge in [0.1, 0.15) is 11.9 Å². The molecule has 0 spiro atoms. The Hall–Kier alpha value is -1.62. The van der Waals surface area contributed by atoms with Crippen LogP contribution in [0.25, 0.3) is 0 Å². The van der Waals surface area contributed by atoms with Crippen LogP contribution in [-0.4, -0.2) is 23.0 Å². The van der Waals surface area contributed by atoms with Gasteiger partial charge in [-0.15, -0.1) is 0 Å². The molecule has 0 saturated heterocycles. The van der Waals surface area contributed by atoms with E-state index in [1.54, 1.807) is 0 Å². The number of carboxylic acids is 1.